The molecule has 0 amide bonds. The summed E-state index contributed by atoms with van der Waals surface area (Å²) in [6.45, 7) is 9.88. The van der Waals surface area contributed by atoms with Crippen LogP contribution < -0.4 is 9.80 Å². The van der Waals surface area contributed by atoms with E-state index in [1.54, 1.807) is 12.3 Å². The molecule has 2 N–H and O–H groups in total. The highest BCUT2D eigenvalue weighted by Crippen LogP contribution is 2.44. The largest absolute Gasteiger partial charge is 0.378 e. The van der Waals surface area contributed by atoms with Crippen LogP contribution in [0.25, 0.3) is 67.1 Å². The SMILES string of the molecule is Cc1nc(-c2cc(N3CCOCC3)cc3c2nc2n3C3=C4C(=CC=CC4N(Cc4nc(-c5cc(N6CCOCC6)cc6c5nc(C)n6-c5ccnc6c(C(F)F)cccc56)n[nH]4)C=C3)C2)n[nH]1. The number of halogens is 2. The van der Waals surface area contributed by atoms with Crippen LogP contribution >= 0.6 is 0 Å². The molecule has 9 heterocycles. The molecule has 2 saturated heterocycles. The van der Waals surface area contributed by atoms with Crippen molar-refractivity contribution in [3.8, 4) is 28.5 Å². The number of hydrogen-bond acceptors (Lipinski definition) is 12. The van der Waals surface area contributed by atoms with Gasteiger partial charge in [0.1, 0.15) is 34.3 Å². The highest BCUT2D eigenvalue weighted by Gasteiger charge is 2.36. The van der Waals surface area contributed by atoms with Gasteiger partial charge in [0.05, 0.1) is 78.1 Å². The van der Waals surface area contributed by atoms with Crippen molar-refractivity contribution >= 4 is 50.0 Å². The number of alkyl halides is 2. The third kappa shape index (κ3) is 6.48. The number of ether oxygens (including phenoxy) is 2. The maximum atomic E-state index is 14.2. The first-order valence-electron chi connectivity index (χ1n) is 22.6. The van der Waals surface area contributed by atoms with Crippen molar-refractivity contribution < 1.29 is 18.3 Å². The number of morpholine rings is 2. The molecule has 0 radical (unpaired) electrons. The lowest BCUT2D eigenvalue weighted by molar-refractivity contribution is 0.122. The van der Waals surface area contributed by atoms with E-state index in [1.165, 1.54) is 17.2 Å². The van der Waals surface area contributed by atoms with Gasteiger partial charge in [-0.05, 0) is 55.8 Å². The van der Waals surface area contributed by atoms with E-state index in [9.17, 15) is 8.78 Å². The average Bonchev–Trinajstić information content (AvgIpc) is 4.17. The summed E-state index contributed by atoms with van der Waals surface area (Å²) in [5, 5.41) is 16.3. The number of nitrogens with zero attached hydrogens (tertiary/aromatic N) is 12. The maximum Gasteiger partial charge on any atom is 0.265 e. The summed E-state index contributed by atoms with van der Waals surface area (Å²) in [7, 11) is 0. The Morgan fingerprint density at radius 3 is 2.19 bits per heavy atom. The molecule has 18 heteroatoms. The van der Waals surface area contributed by atoms with Crippen molar-refractivity contribution in [2.45, 2.75) is 39.3 Å². The topological polar surface area (TPSA) is 160 Å². The number of aromatic amines is 2. The van der Waals surface area contributed by atoms with Crippen LogP contribution in [0.3, 0.4) is 0 Å². The van der Waals surface area contributed by atoms with Gasteiger partial charge in [-0.1, -0.05) is 36.4 Å². The van der Waals surface area contributed by atoms with Gasteiger partial charge in [-0.15, -0.1) is 0 Å². The van der Waals surface area contributed by atoms with Gasteiger partial charge in [0.25, 0.3) is 6.43 Å². The molecule has 5 aromatic heterocycles. The van der Waals surface area contributed by atoms with Crippen LogP contribution in [0.1, 0.15) is 35.3 Å². The third-order valence-electron chi connectivity index (χ3n) is 13.6. The van der Waals surface area contributed by atoms with Crippen molar-refractivity contribution in [1.82, 2.24) is 59.3 Å². The lowest BCUT2D eigenvalue weighted by Gasteiger charge is -2.39. The molecule has 1 unspecified atom stereocenters. The molecule has 67 heavy (non-hydrogen) atoms. The zero-order chi connectivity index (χ0) is 44.9. The number of aryl methyl sites for hydroxylation is 2. The van der Waals surface area contributed by atoms with E-state index in [0.29, 0.717) is 92.4 Å². The summed E-state index contributed by atoms with van der Waals surface area (Å²) in [6.07, 6.45) is 10.5. The fourth-order valence-electron chi connectivity index (χ4n) is 10.5. The Bertz CT molecular complexity index is 3440. The van der Waals surface area contributed by atoms with Crippen molar-refractivity contribution in [3.05, 3.63) is 125 Å². The smallest absolute Gasteiger partial charge is 0.265 e. The molecule has 1 aliphatic carbocycles. The molecule has 0 bridgehead atoms. The molecule has 5 aliphatic rings. The number of para-hydroxylation sites is 1. The van der Waals surface area contributed by atoms with Crippen LogP contribution in [0, 0.1) is 13.8 Å². The summed E-state index contributed by atoms with van der Waals surface area (Å²) in [5.41, 5.74) is 11.6. The Balaban J connectivity index is 0.872. The molecule has 3 aromatic carbocycles. The van der Waals surface area contributed by atoms with Gasteiger partial charge in [0.2, 0.25) is 0 Å². The van der Waals surface area contributed by atoms with Crippen molar-refractivity contribution in [3.63, 3.8) is 0 Å². The standard InChI is InChI=1S/C49H44F2N14O2/c1-27-53-48(59-57-27)35-23-31(62-15-19-67-20-16-62)25-40-46(35)56-42-21-29-5-3-8-37-43(29)38(65(40)42)10-12-63(37)26-41-55-49(60-58-41)34-22-30(61-13-17-66-18-14-61)24-39-45(34)54-28(2)64(39)36-9-11-52-44-32(36)6-4-7-33(44)47(50)51/h3-12,22-25,37,47H,13-21,26H2,1-2H3,(H,53,57,59)(H,55,58,60). The first-order chi connectivity index (χ1) is 32.8. The zero-order valence-electron chi connectivity index (χ0n) is 36.7. The van der Waals surface area contributed by atoms with E-state index < -0.39 is 6.43 Å². The molecule has 1 atom stereocenters. The van der Waals surface area contributed by atoms with Gasteiger partial charge >= 0.3 is 0 Å². The minimum Gasteiger partial charge on any atom is -0.378 e. The fraction of sp³-hybridized carbons (Fsp3) is 0.286. The minimum atomic E-state index is -2.66. The lowest BCUT2D eigenvalue weighted by Crippen LogP contribution is -2.37. The van der Waals surface area contributed by atoms with Gasteiger partial charge in [0, 0.05) is 72.9 Å². The van der Waals surface area contributed by atoms with E-state index in [1.807, 2.05) is 30.5 Å². The first kappa shape index (κ1) is 39.8. The van der Waals surface area contributed by atoms with E-state index >= 15 is 0 Å². The van der Waals surface area contributed by atoms with Crippen LogP contribution in [0.5, 0.6) is 0 Å². The van der Waals surface area contributed by atoms with Gasteiger partial charge < -0.3 is 24.2 Å². The van der Waals surface area contributed by atoms with E-state index in [4.69, 9.17) is 34.5 Å². The molecule has 4 aliphatic heterocycles. The molecule has 16 nitrogen and oxygen atoms in total. The normalized spacial score (nSPS) is 18.3. The molecule has 336 valence electrons. The fourth-order valence-corrected chi connectivity index (χ4v) is 10.5. The van der Waals surface area contributed by atoms with Crippen LogP contribution in [0.4, 0.5) is 20.2 Å². The number of anilines is 2. The number of aromatic nitrogens is 11. The number of nitrogens with one attached hydrogen (secondary N) is 2. The highest BCUT2D eigenvalue weighted by atomic mass is 19.3. The number of H-pyrrole nitrogens is 2. The molecule has 0 spiro atoms. The van der Waals surface area contributed by atoms with Crippen molar-refractivity contribution in [2.24, 2.45) is 0 Å². The quantitative estimate of drug-likeness (QED) is 0.156. The van der Waals surface area contributed by atoms with Crippen molar-refractivity contribution in [1.29, 1.82) is 0 Å². The molecule has 13 rings (SSSR count). The molecular weight excluding hydrogens is 855 g/mol. The van der Waals surface area contributed by atoms with Gasteiger partial charge in [0.15, 0.2) is 11.6 Å². The van der Waals surface area contributed by atoms with Crippen LogP contribution in [0.15, 0.2) is 96.4 Å². The van der Waals surface area contributed by atoms with E-state index in [2.05, 4.69) is 94.3 Å². The van der Waals surface area contributed by atoms with Crippen LogP contribution in [-0.4, -0.2) is 118 Å². The predicted octanol–water partition coefficient (Wildman–Crippen LogP) is 7.38. The number of hydrogen-bond donors (Lipinski definition) is 2. The van der Waals surface area contributed by atoms with Gasteiger partial charge in [-0.25, -0.2) is 28.7 Å². The summed E-state index contributed by atoms with van der Waals surface area (Å²) >= 11 is 0. The minimum absolute atomic E-state index is 0.0628. The Morgan fingerprint density at radius 2 is 1.48 bits per heavy atom. The van der Waals surface area contributed by atoms with E-state index in [-0.39, 0.29) is 17.1 Å². The predicted molar refractivity (Wildman–Crippen MR) is 250 cm³/mol. The highest BCUT2D eigenvalue weighted by molar-refractivity contribution is 5.99. The monoisotopic (exact) mass is 898 g/mol. The van der Waals surface area contributed by atoms with Gasteiger partial charge in [-0.3, -0.25) is 24.3 Å². The molecule has 0 saturated carbocycles. The second kappa shape index (κ2) is 15.5. The molecule has 2 fully saturated rings. The summed E-state index contributed by atoms with van der Waals surface area (Å²) < 4.78 is 44.2. The number of imidazole rings is 2. The lowest BCUT2D eigenvalue weighted by atomic mass is 9.85. The Labute approximate surface area is 382 Å². The van der Waals surface area contributed by atoms with Crippen LogP contribution in [0.2, 0.25) is 0 Å². The summed E-state index contributed by atoms with van der Waals surface area (Å²) in [4.78, 5) is 31.6. The van der Waals surface area contributed by atoms with Crippen LogP contribution in [-0.2, 0) is 22.4 Å². The Kier molecular flexibility index (Phi) is 9.21. The zero-order valence-corrected chi connectivity index (χ0v) is 36.7. The number of rotatable bonds is 8. The molecule has 8 aromatic rings. The number of fused-ring (bicyclic) bond motifs is 6. The van der Waals surface area contributed by atoms with E-state index in [0.717, 1.165) is 69.5 Å². The number of pyridine rings is 1. The second-order valence-electron chi connectivity index (χ2n) is 17.5. The second-order valence-corrected chi connectivity index (χ2v) is 17.5. The number of benzene rings is 3. The summed E-state index contributed by atoms with van der Waals surface area (Å²) in [6, 6.07) is 15.3. The van der Waals surface area contributed by atoms with Gasteiger partial charge in [-0.2, -0.15) is 10.2 Å². The summed E-state index contributed by atoms with van der Waals surface area (Å²) in [5.74, 6) is 4.25. The Morgan fingerprint density at radius 1 is 0.776 bits per heavy atom. The maximum absolute atomic E-state index is 14.2. The first-order valence-corrected chi connectivity index (χ1v) is 22.6. The average molecular weight is 899 g/mol. The number of allylic oxidation sites excluding steroid dienone is 4. The molecular formula is C49H44F2N14O2. The third-order valence-corrected chi connectivity index (χ3v) is 13.6. The Hall–Kier alpha value is -7.57. The van der Waals surface area contributed by atoms with Crippen molar-refractivity contribution in [2.75, 3.05) is 62.4 Å².